The van der Waals surface area contributed by atoms with Crippen LogP contribution in [0.2, 0.25) is 0 Å². The number of halogens is 1. The third kappa shape index (κ3) is 4.74. The summed E-state index contributed by atoms with van der Waals surface area (Å²) in [5, 5.41) is 6.55. The van der Waals surface area contributed by atoms with Crippen LogP contribution in [0, 0.1) is 5.92 Å². The van der Waals surface area contributed by atoms with Gasteiger partial charge in [-0.05, 0) is 37.6 Å². The van der Waals surface area contributed by atoms with Crippen LogP contribution in [0.4, 0.5) is 0 Å². The van der Waals surface area contributed by atoms with Crippen molar-refractivity contribution in [3.63, 3.8) is 0 Å². The fourth-order valence-corrected chi connectivity index (χ4v) is 3.24. The summed E-state index contributed by atoms with van der Waals surface area (Å²) in [6.07, 6.45) is 1.78. The van der Waals surface area contributed by atoms with Gasteiger partial charge in [0.2, 0.25) is 5.91 Å². The average Bonchev–Trinajstić information content (AvgIpc) is 2.67. The van der Waals surface area contributed by atoms with Crippen LogP contribution < -0.4 is 15.4 Å². The lowest BCUT2D eigenvalue weighted by Crippen LogP contribution is -2.40. The topological polar surface area (TPSA) is 50.4 Å². The van der Waals surface area contributed by atoms with Gasteiger partial charge in [0.05, 0.1) is 13.2 Å². The molecule has 0 aromatic heterocycles. The van der Waals surface area contributed by atoms with Gasteiger partial charge in [-0.2, -0.15) is 0 Å². The summed E-state index contributed by atoms with van der Waals surface area (Å²) in [5.41, 5.74) is 2.04. The fourth-order valence-electron chi connectivity index (χ4n) is 3.24. The molecular formula is C20H25ClN2O2. The summed E-state index contributed by atoms with van der Waals surface area (Å²) in [5.74, 6) is 0.986. The van der Waals surface area contributed by atoms with Gasteiger partial charge in [-0.3, -0.25) is 4.79 Å². The maximum absolute atomic E-state index is 12.8. The molecule has 4 nitrogen and oxygen atoms in total. The van der Waals surface area contributed by atoms with Gasteiger partial charge < -0.3 is 15.4 Å². The summed E-state index contributed by atoms with van der Waals surface area (Å²) < 4.78 is 5.51. The Hall–Kier alpha value is -2.04. The number of nitrogens with one attached hydrogen (secondary N) is 2. The van der Waals surface area contributed by atoms with E-state index in [9.17, 15) is 4.79 Å². The van der Waals surface area contributed by atoms with E-state index >= 15 is 0 Å². The predicted molar refractivity (Wildman–Crippen MR) is 102 cm³/mol. The SMILES string of the molecule is COc1ccccc1C(NC(=O)C1CCNCC1)c1ccccc1.Cl. The number of rotatable bonds is 5. The third-order valence-corrected chi connectivity index (χ3v) is 4.58. The maximum atomic E-state index is 12.8. The summed E-state index contributed by atoms with van der Waals surface area (Å²) >= 11 is 0. The van der Waals surface area contributed by atoms with Crippen LogP contribution in [-0.4, -0.2) is 26.1 Å². The van der Waals surface area contributed by atoms with Crippen LogP contribution in [0.1, 0.15) is 30.0 Å². The molecule has 0 aliphatic carbocycles. The lowest BCUT2D eigenvalue weighted by molar-refractivity contribution is -0.126. The minimum atomic E-state index is -0.204. The molecule has 25 heavy (non-hydrogen) atoms. The molecule has 3 rings (SSSR count). The van der Waals surface area contributed by atoms with Crippen LogP contribution in [0.5, 0.6) is 5.75 Å². The van der Waals surface area contributed by atoms with E-state index < -0.39 is 0 Å². The van der Waals surface area contributed by atoms with Gasteiger partial charge in [0, 0.05) is 11.5 Å². The molecule has 0 spiro atoms. The first-order valence-electron chi connectivity index (χ1n) is 8.48. The Morgan fingerprint density at radius 3 is 2.40 bits per heavy atom. The number of carbonyl (C=O) groups is 1. The highest BCUT2D eigenvalue weighted by molar-refractivity contribution is 5.85. The van der Waals surface area contributed by atoms with Crippen molar-refractivity contribution in [2.24, 2.45) is 5.92 Å². The molecule has 1 aliphatic rings. The zero-order valence-electron chi connectivity index (χ0n) is 14.4. The first-order chi connectivity index (χ1) is 11.8. The minimum Gasteiger partial charge on any atom is -0.496 e. The molecule has 1 saturated heterocycles. The highest BCUT2D eigenvalue weighted by Crippen LogP contribution is 2.30. The first kappa shape index (κ1) is 19.3. The Morgan fingerprint density at radius 1 is 1.08 bits per heavy atom. The minimum absolute atomic E-state index is 0. The van der Waals surface area contributed by atoms with E-state index in [1.165, 1.54) is 0 Å². The largest absolute Gasteiger partial charge is 0.496 e. The Labute approximate surface area is 155 Å². The summed E-state index contributed by atoms with van der Waals surface area (Å²) in [7, 11) is 1.66. The van der Waals surface area contributed by atoms with Crippen molar-refractivity contribution >= 4 is 18.3 Å². The van der Waals surface area contributed by atoms with Gasteiger partial charge >= 0.3 is 0 Å². The fraction of sp³-hybridized carbons (Fsp3) is 0.350. The predicted octanol–water partition coefficient (Wildman–Crippen LogP) is 3.32. The van der Waals surface area contributed by atoms with Crippen molar-refractivity contribution in [2.75, 3.05) is 20.2 Å². The van der Waals surface area contributed by atoms with Crippen LogP contribution in [0.3, 0.4) is 0 Å². The lowest BCUT2D eigenvalue weighted by atomic mass is 9.94. The zero-order chi connectivity index (χ0) is 16.8. The van der Waals surface area contributed by atoms with E-state index in [4.69, 9.17) is 4.74 Å². The molecule has 1 amide bonds. The Bertz CT molecular complexity index is 672. The number of ether oxygens (including phenoxy) is 1. The Kier molecular flexibility index (Phi) is 7.29. The third-order valence-electron chi connectivity index (χ3n) is 4.58. The van der Waals surface area contributed by atoms with Gasteiger partial charge in [-0.25, -0.2) is 0 Å². The van der Waals surface area contributed by atoms with Crippen molar-refractivity contribution in [1.82, 2.24) is 10.6 Å². The van der Waals surface area contributed by atoms with Gasteiger partial charge in [0.1, 0.15) is 5.75 Å². The number of hydrogen-bond acceptors (Lipinski definition) is 3. The normalized spacial score (nSPS) is 15.7. The first-order valence-corrected chi connectivity index (χ1v) is 8.48. The molecular weight excluding hydrogens is 336 g/mol. The van der Waals surface area contributed by atoms with E-state index in [0.29, 0.717) is 0 Å². The quantitative estimate of drug-likeness (QED) is 0.860. The molecule has 5 heteroatoms. The van der Waals surface area contributed by atoms with E-state index in [1.807, 2.05) is 54.6 Å². The lowest BCUT2D eigenvalue weighted by Gasteiger charge is -2.27. The number of methoxy groups -OCH3 is 1. The van der Waals surface area contributed by atoms with Crippen LogP contribution in [-0.2, 0) is 4.79 Å². The van der Waals surface area contributed by atoms with Crippen LogP contribution in [0.15, 0.2) is 54.6 Å². The summed E-state index contributed by atoms with van der Waals surface area (Å²) in [4.78, 5) is 12.8. The van der Waals surface area contributed by atoms with Crippen molar-refractivity contribution in [3.05, 3.63) is 65.7 Å². The van der Waals surface area contributed by atoms with Crippen molar-refractivity contribution < 1.29 is 9.53 Å². The van der Waals surface area contributed by atoms with Gasteiger partial charge in [-0.15, -0.1) is 12.4 Å². The number of piperidine rings is 1. The van der Waals surface area contributed by atoms with Gasteiger partial charge in [-0.1, -0.05) is 48.5 Å². The molecule has 1 heterocycles. The average molecular weight is 361 g/mol. The van der Waals surface area contributed by atoms with Gasteiger partial charge in [0.25, 0.3) is 0 Å². The second-order valence-electron chi connectivity index (χ2n) is 6.12. The smallest absolute Gasteiger partial charge is 0.223 e. The maximum Gasteiger partial charge on any atom is 0.223 e. The molecule has 2 aromatic rings. The second-order valence-corrected chi connectivity index (χ2v) is 6.12. The number of amides is 1. The van der Waals surface area contributed by atoms with E-state index in [0.717, 1.165) is 42.8 Å². The van der Waals surface area contributed by atoms with E-state index in [-0.39, 0.29) is 30.3 Å². The molecule has 2 aromatic carbocycles. The second kappa shape index (κ2) is 9.44. The number of para-hydroxylation sites is 1. The van der Waals surface area contributed by atoms with Gasteiger partial charge in [0.15, 0.2) is 0 Å². The van der Waals surface area contributed by atoms with E-state index in [2.05, 4.69) is 10.6 Å². The highest BCUT2D eigenvalue weighted by Gasteiger charge is 2.26. The standard InChI is InChI=1S/C20H24N2O2.ClH/c1-24-18-10-6-5-9-17(18)19(15-7-3-2-4-8-15)22-20(23)16-11-13-21-14-12-16;/h2-10,16,19,21H,11-14H2,1H3,(H,22,23);1H. The van der Waals surface area contributed by atoms with E-state index in [1.54, 1.807) is 7.11 Å². The molecule has 1 aliphatic heterocycles. The van der Waals surface area contributed by atoms with Crippen molar-refractivity contribution in [2.45, 2.75) is 18.9 Å². The molecule has 1 fully saturated rings. The highest BCUT2D eigenvalue weighted by atomic mass is 35.5. The van der Waals surface area contributed by atoms with Crippen LogP contribution in [0.25, 0.3) is 0 Å². The molecule has 2 N–H and O–H groups in total. The molecule has 1 unspecified atom stereocenters. The Balaban J connectivity index is 0.00000225. The number of carbonyl (C=O) groups excluding carboxylic acids is 1. The van der Waals surface area contributed by atoms with Crippen LogP contribution >= 0.6 is 12.4 Å². The Morgan fingerprint density at radius 2 is 1.72 bits per heavy atom. The van der Waals surface area contributed by atoms with Crippen molar-refractivity contribution in [1.29, 1.82) is 0 Å². The molecule has 1 atom stereocenters. The summed E-state index contributed by atoms with van der Waals surface area (Å²) in [6.45, 7) is 1.81. The number of benzene rings is 2. The summed E-state index contributed by atoms with van der Waals surface area (Å²) in [6, 6.07) is 17.7. The molecule has 0 saturated carbocycles. The number of hydrogen-bond donors (Lipinski definition) is 2. The molecule has 134 valence electrons. The van der Waals surface area contributed by atoms with Crippen molar-refractivity contribution in [3.8, 4) is 5.75 Å². The monoisotopic (exact) mass is 360 g/mol. The molecule has 0 radical (unpaired) electrons. The molecule has 0 bridgehead atoms. The zero-order valence-corrected chi connectivity index (χ0v) is 15.2.